The van der Waals surface area contributed by atoms with Crippen LogP contribution in [0.2, 0.25) is 0 Å². The van der Waals surface area contributed by atoms with E-state index in [0.29, 0.717) is 5.91 Å². The highest BCUT2D eigenvalue weighted by atomic mass is 16.2. The van der Waals surface area contributed by atoms with Gasteiger partial charge in [-0.05, 0) is 37.9 Å². The van der Waals surface area contributed by atoms with Crippen molar-refractivity contribution >= 4 is 5.91 Å². The molecule has 1 aliphatic heterocycles. The van der Waals surface area contributed by atoms with Gasteiger partial charge < -0.3 is 9.80 Å². The predicted octanol–water partition coefficient (Wildman–Crippen LogP) is 2.42. The quantitative estimate of drug-likeness (QED) is 0.823. The van der Waals surface area contributed by atoms with Gasteiger partial charge in [0.2, 0.25) is 5.91 Å². The normalized spacial score (nSPS) is 19.8. The molecule has 3 nitrogen and oxygen atoms in total. The Morgan fingerprint density at radius 3 is 2.80 bits per heavy atom. The minimum absolute atomic E-state index is 0.199. The van der Waals surface area contributed by atoms with E-state index in [1.165, 1.54) is 5.56 Å². The SMILES string of the molecule is CCN1CCCC(C(=O)N(C)CCc2ccccc2)C1. The second kappa shape index (κ2) is 7.44. The lowest BCUT2D eigenvalue weighted by Gasteiger charge is -2.33. The van der Waals surface area contributed by atoms with Crippen LogP contribution in [0.4, 0.5) is 0 Å². The van der Waals surface area contributed by atoms with Crippen molar-refractivity contribution in [2.75, 3.05) is 33.2 Å². The molecule has 2 rings (SSSR count). The van der Waals surface area contributed by atoms with Crippen LogP contribution in [0, 0.1) is 5.92 Å². The van der Waals surface area contributed by atoms with Crippen molar-refractivity contribution in [3.8, 4) is 0 Å². The summed E-state index contributed by atoms with van der Waals surface area (Å²) in [7, 11) is 1.94. The molecule has 1 fully saturated rings. The average Bonchev–Trinajstić information content (AvgIpc) is 2.53. The van der Waals surface area contributed by atoms with Gasteiger partial charge in [-0.25, -0.2) is 0 Å². The maximum absolute atomic E-state index is 12.5. The lowest BCUT2D eigenvalue weighted by molar-refractivity contribution is -0.135. The maximum Gasteiger partial charge on any atom is 0.226 e. The Kier molecular flexibility index (Phi) is 5.60. The summed E-state index contributed by atoms with van der Waals surface area (Å²) in [5.41, 5.74) is 1.30. The van der Waals surface area contributed by atoms with Crippen LogP contribution < -0.4 is 0 Å². The third-order valence-electron chi connectivity index (χ3n) is 4.26. The minimum atomic E-state index is 0.199. The smallest absolute Gasteiger partial charge is 0.226 e. The number of piperidine rings is 1. The van der Waals surface area contributed by atoms with Gasteiger partial charge in [0.25, 0.3) is 0 Å². The Morgan fingerprint density at radius 1 is 1.35 bits per heavy atom. The van der Waals surface area contributed by atoms with Crippen molar-refractivity contribution in [3.05, 3.63) is 35.9 Å². The summed E-state index contributed by atoms with van der Waals surface area (Å²) < 4.78 is 0. The highest BCUT2D eigenvalue weighted by Gasteiger charge is 2.26. The Bertz CT molecular complexity index is 418. The van der Waals surface area contributed by atoms with Crippen molar-refractivity contribution in [2.24, 2.45) is 5.92 Å². The first-order valence-corrected chi connectivity index (χ1v) is 7.72. The van der Waals surface area contributed by atoms with E-state index < -0.39 is 0 Å². The molecule has 0 aliphatic carbocycles. The summed E-state index contributed by atoms with van der Waals surface area (Å²) in [6.45, 7) is 6.12. The van der Waals surface area contributed by atoms with Crippen LogP contribution in [0.25, 0.3) is 0 Å². The molecule has 3 heteroatoms. The van der Waals surface area contributed by atoms with E-state index in [1.54, 1.807) is 0 Å². The number of hydrogen-bond acceptors (Lipinski definition) is 2. The molecule has 0 bridgehead atoms. The average molecular weight is 274 g/mol. The molecule has 0 radical (unpaired) electrons. The van der Waals surface area contributed by atoms with E-state index in [9.17, 15) is 4.79 Å². The van der Waals surface area contributed by atoms with Gasteiger partial charge in [-0.15, -0.1) is 0 Å². The zero-order chi connectivity index (χ0) is 14.4. The lowest BCUT2D eigenvalue weighted by Crippen LogP contribution is -2.44. The van der Waals surface area contributed by atoms with Gasteiger partial charge in [-0.2, -0.15) is 0 Å². The summed E-state index contributed by atoms with van der Waals surface area (Å²) in [6, 6.07) is 10.4. The number of hydrogen-bond donors (Lipinski definition) is 0. The van der Waals surface area contributed by atoms with Gasteiger partial charge in [0.15, 0.2) is 0 Å². The van der Waals surface area contributed by atoms with Crippen LogP contribution in [0.15, 0.2) is 30.3 Å². The zero-order valence-electron chi connectivity index (χ0n) is 12.7. The minimum Gasteiger partial charge on any atom is -0.345 e. The van der Waals surface area contributed by atoms with Gasteiger partial charge in [0.1, 0.15) is 0 Å². The van der Waals surface area contributed by atoms with Crippen LogP contribution in [-0.2, 0) is 11.2 Å². The third kappa shape index (κ3) is 4.07. The first-order valence-electron chi connectivity index (χ1n) is 7.72. The van der Waals surface area contributed by atoms with Crippen molar-refractivity contribution in [1.82, 2.24) is 9.80 Å². The van der Waals surface area contributed by atoms with Crippen molar-refractivity contribution in [3.63, 3.8) is 0 Å². The largest absolute Gasteiger partial charge is 0.345 e. The molecule has 0 aromatic heterocycles. The van der Waals surface area contributed by atoms with Crippen molar-refractivity contribution in [1.29, 1.82) is 0 Å². The molecule has 1 unspecified atom stereocenters. The highest BCUT2D eigenvalue weighted by Crippen LogP contribution is 2.18. The monoisotopic (exact) mass is 274 g/mol. The van der Waals surface area contributed by atoms with Gasteiger partial charge in [0.05, 0.1) is 5.92 Å². The van der Waals surface area contributed by atoms with Crippen LogP contribution >= 0.6 is 0 Å². The molecule has 0 N–H and O–H groups in total. The summed E-state index contributed by atoms with van der Waals surface area (Å²) in [5, 5.41) is 0. The first kappa shape index (κ1) is 15.0. The Hall–Kier alpha value is -1.35. The highest BCUT2D eigenvalue weighted by molar-refractivity contribution is 5.78. The summed E-state index contributed by atoms with van der Waals surface area (Å²) in [4.78, 5) is 16.8. The number of nitrogens with zero attached hydrogens (tertiary/aromatic N) is 2. The van der Waals surface area contributed by atoms with E-state index in [4.69, 9.17) is 0 Å². The number of carbonyl (C=O) groups is 1. The molecule has 110 valence electrons. The molecule has 0 spiro atoms. The van der Waals surface area contributed by atoms with Crippen LogP contribution in [0.1, 0.15) is 25.3 Å². The maximum atomic E-state index is 12.5. The number of likely N-dealkylation sites (tertiary alicyclic amines) is 1. The number of amides is 1. The topological polar surface area (TPSA) is 23.6 Å². The summed E-state index contributed by atoms with van der Waals surface area (Å²) in [6.07, 6.45) is 3.13. The van der Waals surface area contributed by atoms with E-state index in [0.717, 1.165) is 45.4 Å². The van der Waals surface area contributed by atoms with Gasteiger partial charge in [-0.1, -0.05) is 37.3 Å². The third-order valence-corrected chi connectivity index (χ3v) is 4.26. The van der Waals surface area contributed by atoms with Crippen molar-refractivity contribution in [2.45, 2.75) is 26.2 Å². The molecular weight excluding hydrogens is 248 g/mol. The number of likely N-dealkylation sites (N-methyl/N-ethyl adjacent to an activating group) is 1. The second-order valence-corrected chi connectivity index (χ2v) is 5.73. The number of carbonyl (C=O) groups excluding carboxylic acids is 1. The molecule has 1 atom stereocenters. The van der Waals surface area contributed by atoms with Gasteiger partial charge >= 0.3 is 0 Å². The Morgan fingerprint density at radius 2 is 2.10 bits per heavy atom. The van der Waals surface area contributed by atoms with E-state index in [2.05, 4.69) is 36.1 Å². The zero-order valence-corrected chi connectivity index (χ0v) is 12.7. The fourth-order valence-electron chi connectivity index (χ4n) is 2.91. The predicted molar refractivity (Wildman–Crippen MR) is 82.6 cm³/mol. The molecule has 1 saturated heterocycles. The van der Waals surface area contributed by atoms with E-state index in [1.807, 2.05) is 18.0 Å². The standard InChI is InChI=1S/C17H26N2O/c1-3-19-12-7-10-16(14-19)17(20)18(2)13-11-15-8-5-4-6-9-15/h4-6,8-9,16H,3,7,10-14H2,1-2H3. The molecule has 20 heavy (non-hydrogen) atoms. The van der Waals surface area contributed by atoms with Crippen LogP contribution in [-0.4, -0.2) is 48.9 Å². The van der Waals surface area contributed by atoms with E-state index in [-0.39, 0.29) is 5.92 Å². The summed E-state index contributed by atoms with van der Waals surface area (Å²) >= 11 is 0. The molecule has 1 aromatic carbocycles. The molecule has 0 saturated carbocycles. The molecular formula is C17H26N2O. The fraction of sp³-hybridized carbons (Fsp3) is 0.588. The Balaban J connectivity index is 1.82. The van der Waals surface area contributed by atoms with Gasteiger partial charge in [-0.3, -0.25) is 4.79 Å². The lowest BCUT2D eigenvalue weighted by atomic mass is 9.96. The second-order valence-electron chi connectivity index (χ2n) is 5.73. The first-order chi connectivity index (χ1) is 9.70. The van der Waals surface area contributed by atoms with Crippen molar-refractivity contribution < 1.29 is 4.79 Å². The summed E-state index contributed by atoms with van der Waals surface area (Å²) in [5.74, 6) is 0.517. The number of rotatable bonds is 5. The molecule has 1 aromatic rings. The molecule has 1 heterocycles. The van der Waals surface area contributed by atoms with E-state index >= 15 is 0 Å². The fourth-order valence-corrected chi connectivity index (χ4v) is 2.91. The van der Waals surface area contributed by atoms with Crippen LogP contribution in [0.5, 0.6) is 0 Å². The molecule has 1 amide bonds. The van der Waals surface area contributed by atoms with Crippen LogP contribution in [0.3, 0.4) is 0 Å². The Labute approximate surface area is 122 Å². The number of benzene rings is 1. The van der Waals surface area contributed by atoms with Gasteiger partial charge in [0, 0.05) is 20.1 Å². The molecule has 1 aliphatic rings.